The Morgan fingerprint density at radius 3 is 2.75 bits per heavy atom. The lowest BCUT2D eigenvalue weighted by Crippen LogP contribution is -2.26. The number of phenols is 1. The van der Waals surface area contributed by atoms with Crippen LogP contribution >= 0.6 is 0 Å². The normalized spacial score (nSPS) is 12.0. The van der Waals surface area contributed by atoms with E-state index in [0.29, 0.717) is 28.3 Å². The summed E-state index contributed by atoms with van der Waals surface area (Å²) >= 11 is 0. The molecule has 0 fully saturated rings. The van der Waals surface area contributed by atoms with Crippen molar-refractivity contribution in [3.63, 3.8) is 0 Å². The zero-order valence-electron chi connectivity index (χ0n) is 20.4. The van der Waals surface area contributed by atoms with Crippen LogP contribution in [0.5, 0.6) is 11.6 Å². The number of pyridine rings is 1. The number of aromatic nitrogens is 5. The van der Waals surface area contributed by atoms with Gasteiger partial charge in [0.1, 0.15) is 11.6 Å². The molecular weight excluding hydrogens is 456 g/mol. The largest absolute Gasteiger partial charge is 0.507 e. The number of aryl methyl sites for hydroxylation is 2. The van der Waals surface area contributed by atoms with Crippen LogP contribution in [0.4, 0.5) is 0 Å². The maximum atomic E-state index is 12.9. The standard InChI is InChI=1S/C27H26N6O3/c1-15(21-14-33(3)32-16(21)2)29-26(35)18-7-9-22-23(13-18)31-25(30-22)20-12-17(8-10-24(20)34)19-6-5-11-28-27(19)36-4/h5-15,34H,1-4H3,(H,29,35)(H,30,31). The number of nitrogens with one attached hydrogen (secondary N) is 2. The van der Waals surface area contributed by atoms with Crippen LogP contribution in [0.15, 0.2) is 60.9 Å². The molecule has 0 saturated heterocycles. The highest BCUT2D eigenvalue weighted by molar-refractivity contribution is 5.98. The van der Waals surface area contributed by atoms with Gasteiger partial charge < -0.3 is 20.1 Å². The molecule has 36 heavy (non-hydrogen) atoms. The van der Waals surface area contributed by atoms with Crippen molar-refractivity contribution in [2.24, 2.45) is 7.05 Å². The lowest BCUT2D eigenvalue weighted by atomic mass is 10.0. The average molecular weight is 483 g/mol. The van der Waals surface area contributed by atoms with Crippen LogP contribution in [0, 0.1) is 6.92 Å². The summed E-state index contributed by atoms with van der Waals surface area (Å²) in [7, 11) is 3.42. The first-order valence-corrected chi connectivity index (χ1v) is 11.5. The number of aromatic amines is 1. The number of benzene rings is 2. The third-order valence-electron chi connectivity index (χ3n) is 6.14. The number of phenolic OH excluding ortho intramolecular Hbond substituents is 1. The number of rotatable bonds is 6. The number of imidazole rings is 1. The van der Waals surface area contributed by atoms with E-state index in [4.69, 9.17) is 4.74 Å². The van der Waals surface area contributed by atoms with E-state index in [1.54, 1.807) is 42.3 Å². The summed E-state index contributed by atoms with van der Waals surface area (Å²) in [4.78, 5) is 25.1. The maximum Gasteiger partial charge on any atom is 0.251 e. The van der Waals surface area contributed by atoms with Crippen LogP contribution in [0.25, 0.3) is 33.5 Å². The molecule has 1 atom stereocenters. The molecule has 182 valence electrons. The zero-order valence-corrected chi connectivity index (χ0v) is 20.4. The summed E-state index contributed by atoms with van der Waals surface area (Å²) < 4.78 is 7.12. The smallest absolute Gasteiger partial charge is 0.251 e. The van der Waals surface area contributed by atoms with Gasteiger partial charge in [0.05, 0.1) is 35.4 Å². The maximum absolute atomic E-state index is 12.9. The van der Waals surface area contributed by atoms with E-state index >= 15 is 0 Å². The summed E-state index contributed by atoms with van der Waals surface area (Å²) in [5.74, 6) is 0.860. The van der Waals surface area contributed by atoms with Crippen LogP contribution < -0.4 is 10.1 Å². The van der Waals surface area contributed by atoms with Gasteiger partial charge in [-0.2, -0.15) is 5.10 Å². The van der Waals surface area contributed by atoms with E-state index in [0.717, 1.165) is 27.9 Å². The van der Waals surface area contributed by atoms with Crippen molar-refractivity contribution in [1.82, 2.24) is 30.0 Å². The highest BCUT2D eigenvalue weighted by Gasteiger charge is 2.18. The number of carbonyl (C=O) groups is 1. The van der Waals surface area contributed by atoms with E-state index in [2.05, 4.69) is 25.4 Å². The Morgan fingerprint density at radius 2 is 2.00 bits per heavy atom. The molecular formula is C27H26N6O3. The summed E-state index contributed by atoms with van der Waals surface area (Å²) in [6, 6.07) is 14.1. The van der Waals surface area contributed by atoms with Crippen molar-refractivity contribution in [3.05, 3.63) is 77.7 Å². The zero-order chi connectivity index (χ0) is 25.4. The number of nitrogens with zero attached hydrogens (tertiary/aromatic N) is 4. The predicted molar refractivity (Wildman–Crippen MR) is 137 cm³/mol. The molecule has 3 heterocycles. The number of amides is 1. The van der Waals surface area contributed by atoms with E-state index < -0.39 is 0 Å². The van der Waals surface area contributed by atoms with E-state index in [-0.39, 0.29) is 17.7 Å². The second-order valence-electron chi connectivity index (χ2n) is 8.65. The molecule has 5 rings (SSSR count). The first kappa shape index (κ1) is 23.1. The van der Waals surface area contributed by atoms with Crippen molar-refractivity contribution in [3.8, 4) is 34.1 Å². The van der Waals surface area contributed by atoms with Gasteiger partial charge in [-0.1, -0.05) is 6.07 Å². The Bertz CT molecular complexity index is 1590. The molecule has 0 aliphatic carbocycles. The fourth-order valence-electron chi connectivity index (χ4n) is 4.34. The number of hydrogen-bond donors (Lipinski definition) is 3. The second kappa shape index (κ2) is 9.18. The Balaban J connectivity index is 1.45. The second-order valence-corrected chi connectivity index (χ2v) is 8.65. The Labute approximate surface area is 207 Å². The van der Waals surface area contributed by atoms with E-state index in [1.165, 1.54) is 0 Å². The van der Waals surface area contributed by atoms with Crippen LogP contribution in [-0.2, 0) is 7.05 Å². The predicted octanol–water partition coefficient (Wildman–Crippen LogP) is 4.54. The summed E-state index contributed by atoms with van der Waals surface area (Å²) in [5.41, 5.74) is 5.86. The highest BCUT2D eigenvalue weighted by atomic mass is 16.5. The van der Waals surface area contributed by atoms with Gasteiger partial charge in [-0.25, -0.2) is 9.97 Å². The van der Waals surface area contributed by atoms with Crippen LogP contribution in [0.2, 0.25) is 0 Å². The molecule has 1 unspecified atom stereocenters. The molecule has 3 aromatic heterocycles. The quantitative estimate of drug-likeness (QED) is 0.327. The molecule has 5 aromatic rings. The van der Waals surface area contributed by atoms with Crippen LogP contribution in [0.1, 0.15) is 34.6 Å². The fourth-order valence-corrected chi connectivity index (χ4v) is 4.34. The van der Waals surface area contributed by atoms with Gasteiger partial charge >= 0.3 is 0 Å². The molecule has 9 nitrogen and oxygen atoms in total. The van der Waals surface area contributed by atoms with Gasteiger partial charge in [-0.15, -0.1) is 0 Å². The number of ether oxygens (including phenoxy) is 1. The number of H-pyrrole nitrogens is 1. The molecule has 0 saturated carbocycles. The Kier molecular flexibility index (Phi) is 5.89. The number of fused-ring (bicyclic) bond motifs is 1. The van der Waals surface area contributed by atoms with E-state index in [1.807, 2.05) is 51.4 Å². The van der Waals surface area contributed by atoms with Crippen molar-refractivity contribution >= 4 is 16.9 Å². The summed E-state index contributed by atoms with van der Waals surface area (Å²) in [6.07, 6.45) is 3.57. The minimum atomic E-state index is -0.203. The Morgan fingerprint density at radius 1 is 1.17 bits per heavy atom. The van der Waals surface area contributed by atoms with Crippen molar-refractivity contribution in [2.75, 3.05) is 7.11 Å². The van der Waals surface area contributed by atoms with Gasteiger partial charge in [0.2, 0.25) is 5.88 Å². The molecule has 1 amide bonds. The van der Waals surface area contributed by atoms with Crippen molar-refractivity contribution in [2.45, 2.75) is 19.9 Å². The molecule has 0 aliphatic rings. The van der Waals surface area contributed by atoms with Crippen molar-refractivity contribution in [1.29, 1.82) is 0 Å². The summed E-state index contributed by atoms with van der Waals surface area (Å²) in [6.45, 7) is 3.85. The fraction of sp³-hybridized carbons (Fsp3) is 0.185. The van der Waals surface area contributed by atoms with Crippen LogP contribution in [0.3, 0.4) is 0 Å². The Hall–Kier alpha value is -4.66. The van der Waals surface area contributed by atoms with E-state index in [9.17, 15) is 9.90 Å². The van der Waals surface area contributed by atoms with Crippen LogP contribution in [-0.4, -0.2) is 42.9 Å². The number of carbonyl (C=O) groups excluding carboxylic acids is 1. The third kappa shape index (κ3) is 4.26. The minimum Gasteiger partial charge on any atom is -0.507 e. The average Bonchev–Trinajstić information content (AvgIpc) is 3.45. The SMILES string of the molecule is COc1ncccc1-c1ccc(O)c(-c2nc3cc(C(=O)NC(C)c4cn(C)nc4C)ccc3[nH]2)c1. The topological polar surface area (TPSA) is 118 Å². The molecule has 0 bridgehead atoms. The number of methoxy groups -OCH3 is 1. The first-order valence-electron chi connectivity index (χ1n) is 11.5. The lowest BCUT2D eigenvalue weighted by Gasteiger charge is -2.13. The molecule has 2 aromatic carbocycles. The monoisotopic (exact) mass is 482 g/mol. The van der Waals surface area contributed by atoms with Crippen molar-refractivity contribution < 1.29 is 14.6 Å². The van der Waals surface area contributed by atoms with Gasteiger partial charge in [0.15, 0.2) is 0 Å². The van der Waals surface area contributed by atoms with Gasteiger partial charge in [0.25, 0.3) is 5.91 Å². The van der Waals surface area contributed by atoms with Gasteiger partial charge in [-0.3, -0.25) is 9.48 Å². The molecule has 0 radical (unpaired) electrons. The molecule has 0 aliphatic heterocycles. The molecule has 3 N–H and O–H groups in total. The van der Waals surface area contributed by atoms with Gasteiger partial charge in [-0.05, 0) is 61.9 Å². The highest BCUT2D eigenvalue weighted by Crippen LogP contribution is 2.35. The molecule has 0 spiro atoms. The number of aromatic hydroxyl groups is 1. The third-order valence-corrected chi connectivity index (χ3v) is 6.14. The number of hydrogen-bond acceptors (Lipinski definition) is 6. The lowest BCUT2D eigenvalue weighted by molar-refractivity contribution is 0.0940. The molecule has 9 heteroatoms. The minimum absolute atomic E-state index is 0.0827. The first-order chi connectivity index (χ1) is 17.3. The summed E-state index contributed by atoms with van der Waals surface area (Å²) in [5, 5.41) is 18.0. The van der Waals surface area contributed by atoms with Gasteiger partial charge in [0, 0.05) is 36.1 Å².